The summed E-state index contributed by atoms with van der Waals surface area (Å²) < 4.78 is 0. The molecule has 0 fully saturated rings. The molecular formula is C10H12N4O2S. The quantitative estimate of drug-likeness (QED) is 0.617. The van der Waals surface area contributed by atoms with Gasteiger partial charge in [-0.25, -0.2) is 9.97 Å². The van der Waals surface area contributed by atoms with Gasteiger partial charge in [0.1, 0.15) is 17.0 Å². The Morgan fingerprint density at radius 2 is 2.12 bits per heavy atom. The van der Waals surface area contributed by atoms with Crippen LogP contribution in [0.15, 0.2) is 12.4 Å². The van der Waals surface area contributed by atoms with Gasteiger partial charge in [-0.05, 0) is 25.2 Å². The van der Waals surface area contributed by atoms with Crippen LogP contribution in [0.1, 0.15) is 13.8 Å². The van der Waals surface area contributed by atoms with Crippen molar-refractivity contribution >= 4 is 32.4 Å². The molecule has 17 heavy (non-hydrogen) atoms. The zero-order valence-electron chi connectivity index (χ0n) is 9.58. The van der Waals surface area contributed by atoms with Crippen molar-refractivity contribution in [2.24, 2.45) is 0 Å². The van der Waals surface area contributed by atoms with Crippen molar-refractivity contribution < 1.29 is 4.92 Å². The van der Waals surface area contributed by atoms with E-state index < -0.39 is 4.92 Å². The average Bonchev–Trinajstić information content (AvgIpc) is 2.75. The van der Waals surface area contributed by atoms with Crippen molar-refractivity contribution in [1.82, 2.24) is 9.97 Å². The molecule has 0 atom stereocenters. The molecule has 6 nitrogen and oxygen atoms in total. The highest BCUT2D eigenvalue weighted by molar-refractivity contribution is 7.21. The Morgan fingerprint density at radius 1 is 1.41 bits per heavy atom. The Bertz CT molecular complexity index is 550. The number of hydrogen-bond donors (Lipinski definition) is 0. The third-order valence-corrected chi connectivity index (χ3v) is 3.53. The monoisotopic (exact) mass is 252 g/mol. The van der Waals surface area contributed by atoms with Crippen molar-refractivity contribution in [3.05, 3.63) is 22.5 Å². The summed E-state index contributed by atoms with van der Waals surface area (Å²) in [4.78, 5) is 21.4. The number of fused-ring (bicyclic) bond motifs is 1. The minimum absolute atomic E-state index is 0.105. The zero-order valence-corrected chi connectivity index (χ0v) is 10.4. The third kappa shape index (κ3) is 2.05. The fraction of sp³-hybridized carbons (Fsp3) is 0.400. The molecule has 2 aromatic rings. The number of hydrogen-bond acceptors (Lipinski definition) is 6. The number of nitro groups is 1. The van der Waals surface area contributed by atoms with Gasteiger partial charge in [-0.1, -0.05) is 0 Å². The van der Waals surface area contributed by atoms with Gasteiger partial charge in [0, 0.05) is 19.2 Å². The Kier molecular flexibility index (Phi) is 3.19. The van der Waals surface area contributed by atoms with Crippen LogP contribution >= 0.6 is 11.3 Å². The first kappa shape index (κ1) is 11.7. The van der Waals surface area contributed by atoms with E-state index in [1.807, 2.05) is 13.8 Å². The van der Waals surface area contributed by atoms with Crippen LogP contribution in [0.4, 0.5) is 10.8 Å². The van der Waals surface area contributed by atoms with E-state index >= 15 is 0 Å². The maximum Gasteiger partial charge on any atom is 0.326 e. The van der Waals surface area contributed by atoms with E-state index in [4.69, 9.17) is 0 Å². The number of nitrogens with zero attached hydrogens (tertiary/aromatic N) is 4. The molecule has 90 valence electrons. The summed E-state index contributed by atoms with van der Waals surface area (Å²) >= 11 is 1.08. The Morgan fingerprint density at radius 3 is 2.71 bits per heavy atom. The van der Waals surface area contributed by atoms with E-state index in [0.29, 0.717) is 4.83 Å². The van der Waals surface area contributed by atoms with Crippen molar-refractivity contribution in [3.8, 4) is 0 Å². The van der Waals surface area contributed by atoms with Gasteiger partial charge in [-0.15, -0.1) is 0 Å². The van der Waals surface area contributed by atoms with Crippen LogP contribution in [-0.2, 0) is 0 Å². The summed E-state index contributed by atoms with van der Waals surface area (Å²) in [7, 11) is 0. The smallest absolute Gasteiger partial charge is 0.326 e. The molecule has 0 N–H and O–H groups in total. The van der Waals surface area contributed by atoms with E-state index in [9.17, 15) is 10.1 Å². The molecule has 2 heterocycles. The van der Waals surface area contributed by atoms with Crippen LogP contribution < -0.4 is 4.90 Å². The molecule has 0 saturated heterocycles. The second-order valence-corrected chi connectivity index (χ2v) is 4.44. The molecule has 2 aromatic heterocycles. The number of aromatic nitrogens is 2. The Balaban J connectivity index is 2.60. The molecule has 0 aromatic carbocycles. The fourth-order valence-corrected chi connectivity index (χ4v) is 2.50. The predicted molar refractivity (Wildman–Crippen MR) is 67.6 cm³/mol. The lowest BCUT2D eigenvalue weighted by atomic mass is 10.3. The molecule has 0 saturated carbocycles. The molecule has 0 bridgehead atoms. The van der Waals surface area contributed by atoms with Crippen molar-refractivity contribution in [3.63, 3.8) is 0 Å². The maximum absolute atomic E-state index is 10.7. The van der Waals surface area contributed by atoms with E-state index in [0.717, 1.165) is 35.6 Å². The Labute approximate surface area is 102 Å². The molecule has 7 heteroatoms. The number of anilines is 1. The van der Waals surface area contributed by atoms with Crippen LogP contribution in [-0.4, -0.2) is 28.0 Å². The molecule has 0 radical (unpaired) electrons. The first-order valence-electron chi connectivity index (χ1n) is 5.31. The average molecular weight is 252 g/mol. The SMILES string of the molecule is CCN(CC)c1ncnc2sc([N+](=O)[O-])cc12. The normalized spacial score (nSPS) is 10.7. The van der Waals surface area contributed by atoms with Gasteiger partial charge < -0.3 is 4.90 Å². The van der Waals surface area contributed by atoms with Gasteiger partial charge in [0.05, 0.1) is 10.3 Å². The van der Waals surface area contributed by atoms with Crippen LogP contribution in [0.3, 0.4) is 0 Å². The molecule has 0 aliphatic carbocycles. The minimum Gasteiger partial charge on any atom is -0.357 e. The summed E-state index contributed by atoms with van der Waals surface area (Å²) in [6.07, 6.45) is 1.45. The lowest BCUT2D eigenvalue weighted by Gasteiger charge is -2.19. The highest BCUT2D eigenvalue weighted by Gasteiger charge is 2.17. The molecule has 0 spiro atoms. The van der Waals surface area contributed by atoms with Gasteiger partial charge in [-0.2, -0.15) is 0 Å². The molecule has 0 aliphatic heterocycles. The number of rotatable bonds is 4. The van der Waals surface area contributed by atoms with Crippen molar-refractivity contribution in [2.45, 2.75) is 13.8 Å². The predicted octanol–water partition coefficient (Wildman–Crippen LogP) is 2.45. The van der Waals surface area contributed by atoms with Gasteiger partial charge in [0.25, 0.3) is 0 Å². The first-order chi connectivity index (χ1) is 8.17. The van der Waals surface area contributed by atoms with Crippen LogP contribution in [0.5, 0.6) is 0 Å². The second kappa shape index (κ2) is 4.62. The van der Waals surface area contributed by atoms with Gasteiger partial charge in [-0.3, -0.25) is 10.1 Å². The summed E-state index contributed by atoms with van der Waals surface area (Å²) in [6.45, 7) is 5.68. The summed E-state index contributed by atoms with van der Waals surface area (Å²) in [5, 5.41) is 11.6. The van der Waals surface area contributed by atoms with Gasteiger partial charge in [0.2, 0.25) is 0 Å². The van der Waals surface area contributed by atoms with Gasteiger partial charge in [0.15, 0.2) is 0 Å². The van der Waals surface area contributed by atoms with Crippen LogP contribution in [0, 0.1) is 10.1 Å². The highest BCUT2D eigenvalue weighted by atomic mass is 32.1. The summed E-state index contributed by atoms with van der Waals surface area (Å²) in [5.41, 5.74) is 0. The fourth-order valence-electron chi connectivity index (χ4n) is 1.70. The Hall–Kier alpha value is -1.76. The van der Waals surface area contributed by atoms with Crippen molar-refractivity contribution in [1.29, 1.82) is 0 Å². The van der Waals surface area contributed by atoms with E-state index in [1.54, 1.807) is 6.07 Å². The van der Waals surface area contributed by atoms with Gasteiger partial charge >= 0.3 is 5.00 Å². The second-order valence-electron chi connectivity index (χ2n) is 3.43. The maximum atomic E-state index is 10.7. The van der Waals surface area contributed by atoms with Crippen molar-refractivity contribution in [2.75, 3.05) is 18.0 Å². The largest absolute Gasteiger partial charge is 0.357 e. The topological polar surface area (TPSA) is 72.2 Å². The van der Waals surface area contributed by atoms with E-state index in [-0.39, 0.29) is 5.00 Å². The molecule has 2 rings (SSSR count). The number of thiophene rings is 1. The summed E-state index contributed by atoms with van der Waals surface area (Å²) in [6, 6.07) is 1.55. The van der Waals surface area contributed by atoms with Crippen LogP contribution in [0.25, 0.3) is 10.2 Å². The molecule has 0 amide bonds. The minimum atomic E-state index is -0.391. The molecule has 0 unspecified atom stereocenters. The lowest BCUT2D eigenvalue weighted by molar-refractivity contribution is -0.380. The molecular weight excluding hydrogens is 240 g/mol. The highest BCUT2D eigenvalue weighted by Crippen LogP contribution is 2.34. The lowest BCUT2D eigenvalue weighted by Crippen LogP contribution is -2.23. The third-order valence-electron chi connectivity index (χ3n) is 2.54. The first-order valence-corrected chi connectivity index (χ1v) is 6.12. The summed E-state index contributed by atoms with van der Waals surface area (Å²) in [5.74, 6) is 0.768. The molecule has 0 aliphatic rings. The standard InChI is InChI=1S/C10H12N4O2S/c1-3-13(4-2)9-7-5-8(14(15)16)17-10(7)12-6-11-9/h5-6H,3-4H2,1-2H3. The zero-order chi connectivity index (χ0) is 12.4. The van der Waals surface area contributed by atoms with E-state index in [2.05, 4.69) is 14.9 Å². The van der Waals surface area contributed by atoms with E-state index in [1.165, 1.54) is 6.33 Å². The van der Waals surface area contributed by atoms with Crippen LogP contribution in [0.2, 0.25) is 0 Å².